The highest BCUT2D eigenvalue weighted by Crippen LogP contribution is 2.13. The molecule has 4 heteroatoms. The minimum Gasteiger partial charge on any atom is -0.352 e. The highest BCUT2D eigenvalue weighted by molar-refractivity contribution is 5.78. The number of benzene rings is 1. The topological polar surface area (TPSA) is 44.4 Å². The monoisotopic (exact) mass is 289 g/mol. The van der Waals surface area contributed by atoms with Crippen LogP contribution in [0, 0.1) is 5.92 Å². The number of rotatable bonds is 7. The van der Waals surface area contributed by atoms with Gasteiger partial charge >= 0.3 is 0 Å². The van der Waals surface area contributed by atoms with Gasteiger partial charge in [-0.05, 0) is 44.1 Å². The molecule has 1 aromatic rings. The minimum absolute atomic E-state index is 0.00258. The molecule has 1 heterocycles. The number of likely N-dealkylation sites (tertiary alicyclic amines) is 1. The summed E-state index contributed by atoms with van der Waals surface area (Å²) in [6, 6.07) is 8.55. The van der Waals surface area contributed by atoms with Crippen molar-refractivity contribution < 1.29 is 4.79 Å². The Hall–Kier alpha value is -1.39. The van der Waals surface area contributed by atoms with Crippen molar-refractivity contribution in [2.75, 3.05) is 26.7 Å². The molecule has 1 amide bonds. The van der Waals surface area contributed by atoms with Crippen LogP contribution >= 0.6 is 0 Å². The van der Waals surface area contributed by atoms with Crippen LogP contribution in [0.3, 0.4) is 0 Å². The molecule has 1 aromatic carbocycles. The Balaban J connectivity index is 1.84. The summed E-state index contributed by atoms with van der Waals surface area (Å²) < 4.78 is 0. The van der Waals surface area contributed by atoms with Crippen molar-refractivity contribution in [3.05, 3.63) is 35.4 Å². The molecule has 0 radical (unpaired) electrons. The summed E-state index contributed by atoms with van der Waals surface area (Å²) in [4.78, 5) is 14.4. The lowest BCUT2D eigenvalue weighted by molar-refractivity contribution is -0.124. The fraction of sp³-hybridized carbons (Fsp3) is 0.588. The first kappa shape index (κ1) is 16.0. The van der Waals surface area contributed by atoms with Gasteiger partial charge in [-0.1, -0.05) is 31.2 Å². The number of nitrogens with zero attached hydrogens (tertiary/aromatic N) is 1. The van der Waals surface area contributed by atoms with Gasteiger partial charge in [0.2, 0.25) is 5.91 Å². The Kier molecular flexibility index (Phi) is 6.21. The Morgan fingerprint density at radius 1 is 1.29 bits per heavy atom. The van der Waals surface area contributed by atoms with E-state index in [0.717, 1.165) is 6.54 Å². The minimum atomic E-state index is 0.00258. The van der Waals surface area contributed by atoms with Crippen molar-refractivity contribution in [3.63, 3.8) is 0 Å². The summed E-state index contributed by atoms with van der Waals surface area (Å²) in [6.45, 7) is 6.71. The summed E-state index contributed by atoms with van der Waals surface area (Å²) in [5.74, 6) is 0.108. The lowest BCUT2D eigenvalue weighted by Crippen LogP contribution is -2.33. The maximum Gasteiger partial charge on any atom is 0.224 e. The van der Waals surface area contributed by atoms with Crippen LogP contribution in [0.1, 0.15) is 30.9 Å². The van der Waals surface area contributed by atoms with Gasteiger partial charge < -0.3 is 10.6 Å². The number of hydrogen-bond acceptors (Lipinski definition) is 3. The molecule has 1 fully saturated rings. The lowest BCUT2D eigenvalue weighted by atomic mass is 10.1. The van der Waals surface area contributed by atoms with Crippen molar-refractivity contribution in [1.29, 1.82) is 0 Å². The van der Waals surface area contributed by atoms with Crippen LogP contribution in [0.2, 0.25) is 0 Å². The first-order valence-electron chi connectivity index (χ1n) is 7.91. The van der Waals surface area contributed by atoms with Gasteiger partial charge in [0.05, 0.1) is 0 Å². The van der Waals surface area contributed by atoms with Gasteiger partial charge in [0, 0.05) is 25.6 Å². The smallest absolute Gasteiger partial charge is 0.224 e. The Labute approximate surface area is 127 Å². The zero-order valence-corrected chi connectivity index (χ0v) is 13.2. The molecular formula is C17H27N3O. The van der Waals surface area contributed by atoms with Gasteiger partial charge in [0.15, 0.2) is 0 Å². The second kappa shape index (κ2) is 8.15. The zero-order valence-electron chi connectivity index (χ0n) is 13.2. The van der Waals surface area contributed by atoms with Crippen molar-refractivity contribution in [2.24, 2.45) is 5.92 Å². The lowest BCUT2D eigenvalue weighted by Gasteiger charge is -2.16. The largest absolute Gasteiger partial charge is 0.352 e. The first-order chi connectivity index (χ1) is 10.2. The second-order valence-electron chi connectivity index (χ2n) is 5.98. The van der Waals surface area contributed by atoms with E-state index in [1.165, 1.54) is 37.1 Å². The van der Waals surface area contributed by atoms with E-state index in [1.807, 2.05) is 14.0 Å². The highest BCUT2D eigenvalue weighted by atomic mass is 16.1. The summed E-state index contributed by atoms with van der Waals surface area (Å²) in [7, 11) is 1.87. The van der Waals surface area contributed by atoms with Gasteiger partial charge in [0.1, 0.15) is 0 Å². The van der Waals surface area contributed by atoms with Crippen molar-refractivity contribution in [1.82, 2.24) is 15.5 Å². The molecule has 2 rings (SSSR count). The van der Waals surface area contributed by atoms with Crippen LogP contribution in [-0.2, 0) is 17.9 Å². The average Bonchev–Trinajstić information content (AvgIpc) is 2.98. The van der Waals surface area contributed by atoms with Crippen LogP contribution in [0.5, 0.6) is 0 Å². The molecule has 2 N–H and O–H groups in total. The summed E-state index contributed by atoms with van der Waals surface area (Å²) in [5, 5.41) is 6.04. The third-order valence-corrected chi connectivity index (χ3v) is 4.02. The van der Waals surface area contributed by atoms with E-state index >= 15 is 0 Å². The Morgan fingerprint density at radius 2 is 2.00 bits per heavy atom. The average molecular weight is 289 g/mol. The van der Waals surface area contributed by atoms with Gasteiger partial charge in [0.25, 0.3) is 0 Å². The van der Waals surface area contributed by atoms with Crippen LogP contribution in [-0.4, -0.2) is 37.5 Å². The predicted octanol–water partition coefficient (Wildman–Crippen LogP) is 1.75. The quantitative estimate of drug-likeness (QED) is 0.804. The van der Waals surface area contributed by atoms with E-state index in [1.54, 1.807) is 0 Å². The first-order valence-corrected chi connectivity index (χ1v) is 7.91. The van der Waals surface area contributed by atoms with Crippen molar-refractivity contribution in [2.45, 2.75) is 32.9 Å². The summed E-state index contributed by atoms with van der Waals surface area (Å²) in [5.41, 5.74) is 2.52. The predicted molar refractivity (Wildman–Crippen MR) is 85.9 cm³/mol. The summed E-state index contributed by atoms with van der Waals surface area (Å²) >= 11 is 0. The molecule has 0 bridgehead atoms. The van der Waals surface area contributed by atoms with Crippen LogP contribution in [0.25, 0.3) is 0 Å². The maximum atomic E-state index is 11.9. The molecule has 1 aliphatic heterocycles. The number of amides is 1. The van der Waals surface area contributed by atoms with Crippen LogP contribution in [0.15, 0.2) is 24.3 Å². The van der Waals surface area contributed by atoms with E-state index in [0.29, 0.717) is 13.1 Å². The highest BCUT2D eigenvalue weighted by Gasteiger charge is 2.13. The molecule has 1 unspecified atom stereocenters. The molecule has 0 spiro atoms. The van der Waals surface area contributed by atoms with E-state index in [-0.39, 0.29) is 11.8 Å². The Bertz CT molecular complexity index is 455. The normalized spacial score (nSPS) is 16.9. The molecule has 0 aliphatic carbocycles. The van der Waals surface area contributed by atoms with E-state index in [2.05, 4.69) is 39.8 Å². The number of nitrogens with one attached hydrogen (secondary N) is 2. The third-order valence-electron chi connectivity index (χ3n) is 4.02. The van der Waals surface area contributed by atoms with E-state index < -0.39 is 0 Å². The van der Waals surface area contributed by atoms with Crippen molar-refractivity contribution in [3.8, 4) is 0 Å². The molecule has 0 saturated carbocycles. The molecule has 116 valence electrons. The number of hydrogen-bond donors (Lipinski definition) is 2. The van der Waals surface area contributed by atoms with Gasteiger partial charge in [-0.3, -0.25) is 9.69 Å². The second-order valence-corrected chi connectivity index (χ2v) is 5.98. The number of carbonyl (C=O) groups excluding carboxylic acids is 1. The van der Waals surface area contributed by atoms with E-state index in [4.69, 9.17) is 0 Å². The van der Waals surface area contributed by atoms with Gasteiger partial charge in [-0.15, -0.1) is 0 Å². The Morgan fingerprint density at radius 3 is 2.71 bits per heavy atom. The third kappa shape index (κ3) is 5.14. The molecule has 4 nitrogen and oxygen atoms in total. The van der Waals surface area contributed by atoms with Crippen LogP contribution < -0.4 is 10.6 Å². The fourth-order valence-corrected chi connectivity index (χ4v) is 2.80. The zero-order chi connectivity index (χ0) is 15.1. The maximum absolute atomic E-state index is 11.9. The van der Waals surface area contributed by atoms with Crippen molar-refractivity contribution >= 4 is 5.91 Å². The fourth-order valence-electron chi connectivity index (χ4n) is 2.80. The SMILES string of the molecule is CNCC(C)C(=O)NCc1cccc(CN2CCCC2)c1. The molecule has 1 aliphatic rings. The molecule has 21 heavy (non-hydrogen) atoms. The molecule has 1 saturated heterocycles. The number of carbonyl (C=O) groups is 1. The van der Waals surface area contributed by atoms with E-state index in [9.17, 15) is 4.79 Å². The van der Waals surface area contributed by atoms with Gasteiger partial charge in [-0.25, -0.2) is 0 Å². The molecule has 1 atom stereocenters. The van der Waals surface area contributed by atoms with Crippen LogP contribution in [0.4, 0.5) is 0 Å². The standard InChI is InChI=1S/C17H27N3O/c1-14(11-18-2)17(21)19-12-15-6-5-7-16(10-15)13-20-8-3-4-9-20/h5-7,10,14,18H,3-4,8-9,11-13H2,1-2H3,(H,19,21). The summed E-state index contributed by atoms with van der Waals surface area (Å²) in [6.07, 6.45) is 2.64. The molecular weight excluding hydrogens is 262 g/mol. The van der Waals surface area contributed by atoms with Gasteiger partial charge in [-0.2, -0.15) is 0 Å². The molecule has 0 aromatic heterocycles.